The van der Waals surface area contributed by atoms with E-state index in [9.17, 15) is 8.78 Å². The Morgan fingerprint density at radius 3 is 2.89 bits per heavy atom. The lowest BCUT2D eigenvalue weighted by atomic mass is 10.3. The van der Waals surface area contributed by atoms with Crippen molar-refractivity contribution in [2.75, 3.05) is 6.54 Å². The minimum Gasteiger partial charge on any atom is -0.482 e. The molecule has 1 heterocycles. The van der Waals surface area contributed by atoms with Crippen molar-refractivity contribution in [2.45, 2.75) is 20.1 Å². The van der Waals surface area contributed by atoms with Gasteiger partial charge in [-0.15, -0.1) is 0 Å². The lowest BCUT2D eigenvalue weighted by Gasteiger charge is -2.04. The average molecular weight is 268 g/mol. The van der Waals surface area contributed by atoms with Gasteiger partial charge in [-0.05, 0) is 18.7 Å². The van der Waals surface area contributed by atoms with Crippen LogP contribution in [0.15, 0.2) is 28.8 Å². The number of nitrogens with zero attached hydrogens (tertiary/aromatic N) is 1. The summed E-state index contributed by atoms with van der Waals surface area (Å²) in [4.78, 5) is 0. The number of hydrogen-bond donors (Lipinski definition) is 1. The summed E-state index contributed by atoms with van der Waals surface area (Å²) in [6.45, 7) is 3.47. The second-order valence-electron chi connectivity index (χ2n) is 3.93. The van der Waals surface area contributed by atoms with E-state index in [0.29, 0.717) is 12.3 Å². The van der Waals surface area contributed by atoms with E-state index in [2.05, 4.69) is 10.5 Å². The molecule has 0 saturated heterocycles. The molecule has 1 N–H and O–H groups in total. The maximum atomic E-state index is 13.3. The van der Waals surface area contributed by atoms with Crippen molar-refractivity contribution < 1.29 is 18.0 Å². The van der Waals surface area contributed by atoms with Gasteiger partial charge in [-0.1, -0.05) is 12.1 Å². The first kappa shape index (κ1) is 13.5. The second-order valence-corrected chi connectivity index (χ2v) is 3.93. The van der Waals surface area contributed by atoms with Gasteiger partial charge in [0.2, 0.25) is 0 Å². The molecule has 2 aromatic rings. The number of hydrogen-bond acceptors (Lipinski definition) is 4. The summed E-state index contributed by atoms with van der Waals surface area (Å²) in [7, 11) is 0. The maximum Gasteiger partial charge on any atom is 0.174 e. The third-order valence-corrected chi connectivity index (χ3v) is 2.43. The Morgan fingerprint density at radius 2 is 2.16 bits per heavy atom. The van der Waals surface area contributed by atoms with Crippen LogP contribution in [-0.4, -0.2) is 11.7 Å². The molecule has 0 fully saturated rings. The van der Waals surface area contributed by atoms with Crippen molar-refractivity contribution >= 4 is 0 Å². The van der Waals surface area contributed by atoms with Gasteiger partial charge in [-0.2, -0.15) is 0 Å². The second kappa shape index (κ2) is 6.29. The summed E-state index contributed by atoms with van der Waals surface area (Å²) >= 11 is 0. The van der Waals surface area contributed by atoms with E-state index >= 15 is 0 Å². The quantitative estimate of drug-likeness (QED) is 0.875. The molecule has 0 saturated carbocycles. The van der Waals surface area contributed by atoms with Crippen LogP contribution in [0.25, 0.3) is 0 Å². The molecule has 0 amide bonds. The van der Waals surface area contributed by atoms with Gasteiger partial charge in [0.05, 0.1) is 5.69 Å². The van der Waals surface area contributed by atoms with E-state index in [4.69, 9.17) is 9.26 Å². The van der Waals surface area contributed by atoms with Crippen molar-refractivity contribution in [3.8, 4) is 5.75 Å². The molecule has 0 bridgehead atoms. The van der Waals surface area contributed by atoms with Crippen LogP contribution in [0.2, 0.25) is 0 Å². The molecule has 2 rings (SSSR count). The third-order valence-electron chi connectivity index (χ3n) is 2.43. The van der Waals surface area contributed by atoms with Gasteiger partial charge in [0, 0.05) is 18.7 Å². The van der Waals surface area contributed by atoms with Crippen molar-refractivity contribution in [2.24, 2.45) is 0 Å². The van der Waals surface area contributed by atoms with E-state index in [1.807, 2.05) is 6.92 Å². The molecule has 19 heavy (non-hydrogen) atoms. The first-order valence-electron chi connectivity index (χ1n) is 5.92. The molecule has 0 aliphatic carbocycles. The minimum atomic E-state index is -0.743. The van der Waals surface area contributed by atoms with Crippen LogP contribution in [0.3, 0.4) is 0 Å². The Kier molecular flexibility index (Phi) is 4.46. The highest BCUT2D eigenvalue weighted by molar-refractivity contribution is 5.24. The molecule has 0 unspecified atom stereocenters. The zero-order valence-corrected chi connectivity index (χ0v) is 10.5. The van der Waals surface area contributed by atoms with E-state index < -0.39 is 11.6 Å². The number of ether oxygens (including phenoxy) is 1. The fourth-order valence-electron chi connectivity index (χ4n) is 1.50. The van der Waals surface area contributed by atoms with E-state index in [0.717, 1.165) is 24.4 Å². The lowest BCUT2D eigenvalue weighted by molar-refractivity contribution is 0.239. The molecule has 1 aromatic heterocycles. The third kappa shape index (κ3) is 3.75. The topological polar surface area (TPSA) is 47.3 Å². The first-order chi connectivity index (χ1) is 9.19. The van der Waals surface area contributed by atoms with Gasteiger partial charge in [0.15, 0.2) is 17.3 Å². The standard InChI is InChI=1S/C13H14F2N2O2/c1-2-16-7-10-6-11(19-17-10)8-18-13-4-3-9(14)5-12(13)15/h3-6,16H,2,7-8H2,1H3. The summed E-state index contributed by atoms with van der Waals surface area (Å²) in [6.07, 6.45) is 0. The predicted molar refractivity (Wildman–Crippen MR) is 64.6 cm³/mol. The van der Waals surface area contributed by atoms with Crippen LogP contribution < -0.4 is 10.1 Å². The highest BCUT2D eigenvalue weighted by Crippen LogP contribution is 2.19. The summed E-state index contributed by atoms with van der Waals surface area (Å²) in [5, 5.41) is 6.93. The normalized spacial score (nSPS) is 10.7. The Morgan fingerprint density at radius 1 is 1.32 bits per heavy atom. The molecule has 0 aliphatic heterocycles. The number of halogens is 2. The average Bonchev–Trinajstić information content (AvgIpc) is 2.83. The van der Waals surface area contributed by atoms with Crippen LogP contribution in [-0.2, 0) is 13.2 Å². The molecule has 4 nitrogen and oxygen atoms in total. The highest BCUT2D eigenvalue weighted by atomic mass is 19.1. The van der Waals surface area contributed by atoms with Gasteiger partial charge in [0.25, 0.3) is 0 Å². The van der Waals surface area contributed by atoms with E-state index in [-0.39, 0.29) is 12.4 Å². The predicted octanol–water partition coefficient (Wildman–Crippen LogP) is 2.64. The Labute approximate surface area is 109 Å². The van der Waals surface area contributed by atoms with Crippen LogP contribution in [0, 0.1) is 11.6 Å². The van der Waals surface area contributed by atoms with Crippen molar-refractivity contribution in [1.82, 2.24) is 10.5 Å². The molecule has 102 valence electrons. The number of benzene rings is 1. The molecule has 1 aromatic carbocycles. The van der Waals surface area contributed by atoms with Gasteiger partial charge >= 0.3 is 0 Å². The molecule has 0 aliphatic rings. The fraction of sp³-hybridized carbons (Fsp3) is 0.308. The molecule has 0 atom stereocenters. The minimum absolute atomic E-state index is 0.0222. The van der Waals surface area contributed by atoms with Crippen molar-refractivity contribution in [3.05, 3.63) is 47.4 Å². The van der Waals surface area contributed by atoms with Crippen LogP contribution in [0.1, 0.15) is 18.4 Å². The van der Waals surface area contributed by atoms with Crippen LogP contribution in [0.5, 0.6) is 5.75 Å². The van der Waals surface area contributed by atoms with Crippen molar-refractivity contribution in [3.63, 3.8) is 0 Å². The largest absolute Gasteiger partial charge is 0.482 e. The highest BCUT2D eigenvalue weighted by Gasteiger charge is 2.08. The number of nitrogens with one attached hydrogen (secondary N) is 1. The van der Waals surface area contributed by atoms with Gasteiger partial charge in [0.1, 0.15) is 12.4 Å². The van der Waals surface area contributed by atoms with E-state index in [1.54, 1.807) is 6.07 Å². The van der Waals surface area contributed by atoms with Gasteiger partial charge in [-0.25, -0.2) is 8.78 Å². The summed E-state index contributed by atoms with van der Waals surface area (Å²) in [6, 6.07) is 4.87. The lowest BCUT2D eigenvalue weighted by Crippen LogP contribution is -2.11. The number of rotatable bonds is 6. The molecular weight excluding hydrogens is 254 g/mol. The van der Waals surface area contributed by atoms with E-state index in [1.165, 1.54) is 6.07 Å². The first-order valence-corrected chi connectivity index (χ1v) is 5.92. The fourth-order valence-corrected chi connectivity index (χ4v) is 1.50. The molecule has 0 spiro atoms. The van der Waals surface area contributed by atoms with Gasteiger partial charge in [-0.3, -0.25) is 0 Å². The molecule has 0 radical (unpaired) electrons. The SMILES string of the molecule is CCNCc1cc(COc2ccc(F)cc2F)on1. The Bertz CT molecular complexity index is 543. The summed E-state index contributed by atoms with van der Waals surface area (Å²) < 4.78 is 36.2. The smallest absolute Gasteiger partial charge is 0.174 e. The zero-order valence-electron chi connectivity index (χ0n) is 10.5. The molecule has 6 heteroatoms. The Hall–Kier alpha value is -1.95. The monoisotopic (exact) mass is 268 g/mol. The maximum absolute atomic E-state index is 13.3. The molecular formula is C13H14F2N2O2. The van der Waals surface area contributed by atoms with Gasteiger partial charge < -0.3 is 14.6 Å². The summed E-state index contributed by atoms with van der Waals surface area (Å²) in [5.74, 6) is -0.924. The number of aromatic nitrogens is 1. The van der Waals surface area contributed by atoms with Crippen LogP contribution >= 0.6 is 0 Å². The van der Waals surface area contributed by atoms with Crippen molar-refractivity contribution in [1.29, 1.82) is 0 Å². The zero-order chi connectivity index (χ0) is 13.7. The Balaban J connectivity index is 1.92. The van der Waals surface area contributed by atoms with Crippen LogP contribution in [0.4, 0.5) is 8.78 Å². The summed E-state index contributed by atoms with van der Waals surface area (Å²) in [5.41, 5.74) is 0.750.